The number of aliphatic hydroxyl groups is 1. The summed E-state index contributed by atoms with van der Waals surface area (Å²) in [7, 11) is 3.19. The summed E-state index contributed by atoms with van der Waals surface area (Å²) in [6.07, 6.45) is 0.974. The Morgan fingerprint density at radius 3 is 2.54 bits per heavy atom. The average Bonchev–Trinajstić information content (AvgIpc) is 2.69. The molecule has 1 N–H and O–H groups in total. The van der Waals surface area contributed by atoms with E-state index in [1.54, 1.807) is 33.3 Å². The van der Waals surface area contributed by atoms with E-state index in [0.29, 0.717) is 47.7 Å². The molecular weight excluding hydrogens is 358 g/mol. The zero-order valence-corrected chi connectivity index (χ0v) is 16.3. The fourth-order valence-electron chi connectivity index (χ4n) is 3.26. The maximum atomic E-state index is 12.8. The number of nitrogens with zero attached hydrogens (tertiary/aromatic N) is 1. The molecule has 148 valence electrons. The predicted octanol–water partition coefficient (Wildman–Crippen LogP) is 3.19. The van der Waals surface area contributed by atoms with Gasteiger partial charge >= 0.3 is 0 Å². The van der Waals surface area contributed by atoms with Crippen molar-refractivity contribution in [3.8, 4) is 11.5 Å². The molecule has 0 spiro atoms. The molecule has 0 saturated heterocycles. The van der Waals surface area contributed by atoms with Crippen molar-refractivity contribution in [1.29, 1.82) is 0 Å². The SMILES string of the molecule is COc1ccc(CN(Cc2coc3ccccc3c2=O)C[C@@H](C)O)cc1OC. The maximum absolute atomic E-state index is 12.8. The van der Waals surface area contributed by atoms with Gasteiger partial charge in [-0.15, -0.1) is 0 Å². The zero-order chi connectivity index (χ0) is 20.1. The maximum Gasteiger partial charge on any atom is 0.197 e. The van der Waals surface area contributed by atoms with Gasteiger partial charge in [-0.25, -0.2) is 0 Å². The lowest BCUT2D eigenvalue weighted by molar-refractivity contribution is 0.117. The van der Waals surface area contributed by atoms with E-state index in [1.807, 2.05) is 35.2 Å². The van der Waals surface area contributed by atoms with E-state index in [4.69, 9.17) is 13.9 Å². The topological polar surface area (TPSA) is 72.1 Å². The number of ether oxygens (including phenoxy) is 2. The van der Waals surface area contributed by atoms with Crippen molar-refractivity contribution in [2.24, 2.45) is 0 Å². The van der Waals surface area contributed by atoms with Gasteiger partial charge < -0.3 is 19.0 Å². The molecule has 0 saturated carbocycles. The van der Waals surface area contributed by atoms with Crippen LogP contribution in [0.15, 0.2) is 57.9 Å². The molecule has 1 aromatic heterocycles. The quantitative estimate of drug-likeness (QED) is 0.644. The molecule has 0 radical (unpaired) electrons. The van der Waals surface area contributed by atoms with Crippen LogP contribution in [0.25, 0.3) is 11.0 Å². The number of hydrogen-bond acceptors (Lipinski definition) is 6. The van der Waals surface area contributed by atoms with Crippen LogP contribution in [0.2, 0.25) is 0 Å². The highest BCUT2D eigenvalue weighted by Gasteiger charge is 2.15. The molecule has 0 aliphatic rings. The minimum absolute atomic E-state index is 0.0512. The van der Waals surface area contributed by atoms with Gasteiger partial charge in [0.05, 0.1) is 32.0 Å². The largest absolute Gasteiger partial charge is 0.493 e. The van der Waals surface area contributed by atoms with Gasteiger partial charge in [-0.2, -0.15) is 0 Å². The normalized spacial score (nSPS) is 12.3. The molecular formula is C22H25NO5. The molecule has 0 aliphatic heterocycles. The van der Waals surface area contributed by atoms with Gasteiger partial charge in [0, 0.05) is 25.2 Å². The highest BCUT2D eigenvalue weighted by molar-refractivity contribution is 5.76. The van der Waals surface area contributed by atoms with Crippen LogP contribution < -0.4 is 14.9 Å². The molecule has 28 heavy (non-hydrogen) atoms. The minimum Gasteiger partial charge on any atom is -0.493 e. The fraction of sp³-hybridized carbons (Fsp3) is 0.318. The Kier molecular flexibility index (Phi) is 6.34. The van der Waals surface area contributed by atoms with Gasteiger partial charge in [0.2, 0.25) is 0 Å². The highest BCUT2D eigenvalue weighted by Crippen LogP contribution is 2.28. The number of methoxy groups -OCH3 is 2. The van der Waals surface area contributed by atoms with E-state index in [1.165, 1.54) is 6.26 Å². The summed E-state index contributed by atoms with van der Waals surface area (Å²) in [4.78, 5) is 14.8. The van der Waals surface area contributed by atoms with E-state index < -0.39 is 6.10 Å². The molecule has 3 rings (SSSR count). The highest BCUT2D eigenvalue weighted by atomic mass is 16.5. The molecule has 1 atom stereocenters. The Morgan fingerprint density at radius 2 is 1.82 bits per heavy atom. The molecule has 3 aromatic rings. The summed E-state index contributed by atoms with van der Waals surface area (Å²) in [5.41, 5.74) is 2.06. The third-order valence-corrected chi connectivity index (χ3v) is 4.52. The van der Waals surface area contributed by atoms with Crippen LogP contribution in [0.5, 0.6) is 11.5 Å². The van der Waals surface area contributed by atoms with Crippen LogP contribution in [0.4, 0.5) is 0 Å². The summed E-state index contributed by atoms with van der Waals surface area (Å²) in [6.45, 7) is 3.05. The summed E-state index contributed by atoms with van der Waals surface area (Å²) >= 11 is 0. The first-order chi connectivity index (χ1) is 13.5. The lowest BCUT2D eigenvalue weighted by atomic mass is 10.1. The Morgan fingerprint density at radius 1 is 1.07 bits per heavy atom. The number of fused-ring (bicyclic) bond motifs is 1. The molecule has 6 heteroatoms. The summed E-state index contributed by atoms with van der Waals surface area (Å²) in [6, 6.07) is 12.9. The number of hydrogen-bond donors (Lipinski definition) is 1. The van der Waals surface area contributed by atoms with Crippen LogP contribution in [-0.4, -0.2) is 36.9 Å². The standard InChI is InChI=1S/C22H25NO5/c1-15(24)11-23(12-16-8-9-20(26-2)21(10-16)27-3)13-17-14-28-19-7-5-4-6-18(19)22(17)25/h4-10,14-15,24H,11-13H2,1-3H3/t15-/m1/s1. The second kappa shape index (κ2) is 8.91. The first-order valence-electron chi connectivity index (χ1n) is 9.12. The number of para-hydroxylation sites is 1. The monoisotopic (exact) mass is 383 g/mol. The Bertz CT molecular complexity index is 996. The molecule has 0 amide bonds. The van der Waals surface area contributed by atoms with Crippen LogP contribution in [0, 0.1) is 0 Å². The third-order valence-electron chi connectivity index (χ3n) is 4.52. The van der Waals surface area contributed by atoms with E-state index in [2.05, 4.69) is 0 Å². The lowest BCUT2D eigenvalue weighted by Crippen LogP contribution is -2.32. The third kappa shape index (κ3) is 4.52. The molecule has 0 aliphatic carbocycles. The molecule has 0 unspecified atom stereocenters. The van der Waals surface area contributed by atoms with E-state index in [9.17, 15) is 9.90 Å². The fourth-order valence-corrected chi connectivity index (χ4v) is 3.26. The van der Waals surface area contributed by atoms with Crippen molar-refractivity contribution >= 4 is 11.0 Å². The van der Waals surface area contributed by atoms with Crippen molar-refractivity contribution < 1.29 is 19.0 Å². The van der Waals surface area contributed by atoms with Crippen LogP contribution in [-0.2, 0) is 13.1 Å². The van der Waals surface area contributed by atoms with Crippen molar-refractivity contribution in [2.75, 3.05) is 20.8 Å². The summed E-state index contributed by atoms with van der Waals surface area (Å²) < 4.78 is 16.3. The Balaban J connectivity index is 1.87. The zero-order valence-electron chi connectivity index (χ0n) is 16.3. The average molecular weight is 383 g/mol. The Labute approximate surface area is 163 Å². The molecule has 2 aromatic carbocycles. The first kappa shape index (κ1) is 19.9. The predicted molar refractivity (Wildman–Crippen MR) is 108 cm³/mol. The Hall–Kier alpha value is -2.83. The number of benzene rings is 2. The lowest BCUT2D eigenvalue weighted by Gasteiger charge is -2.24. The van der Waals surface area contributed by atoms with E-state index in [-0.39, 0.29) is 5.43 Å². The van der Waals surface area contributed by atoms with Gasteiger partial charge in [-0.3, -0.25) is 9.69 Å². The number of aliphatic hydroxyl groups excluding tert-OH is 1. The van der Waals surface area contributed by atoms with Crippen LogP contribution in [0.1, 0.15) is 18.1 Å². The summed E-state index contributed by atoms with van der Waals surface area (Å²) in [5, 5.41) is 10.5. The van der Waals surface area contributed by atoms with Gasteiger partial charge in [-0.05, 0) is 36.8 Å². The molecule has 0 fully saturated rings. The molecule has 6 nitrogen and oxygen atoms in total. The van der Waals surface area contributed by atoms with Gasteiger partial charge in [0.25, 0.3) is 0 Å². The molecule has 1 heterocycles. The van der Waals surface area contributed by atoms with Gasteiger partial charge in [0.15, 0.2) is 16.9 Å². The van der Waals surface area contributed by atoms with Crippen molar-refractivity contribution in [1.82, 2.24) is 4.90 Å². The van der Waals surface area contributed by atoms with Gasteiger partial charge in [-0.1, -0.05) is 18.2 Å². The van der Waals surface area contributed by atoms with Crippen molar-refractivity contribution in [3.63, 3.8) is 0 Å². The second-order valence-electron chi connectivity index (χ2n) is 6.79. The van der Waals surface area contributed by atoms with Gasteiger partial charge in [0.1, 0.15) is 5.58 Å². The smallest absolute Gasteiger partial charge is 0.197 e. The number of rotatable bonds is 8. The van der Waals surface area contributed by atoms with E-state index >= 15 is 0 Å². The van der Waals surface area contributed by atoms with Crippen molar-refractivity contribution in [2.45, 2.75) is 26.1 Å². The van der Waals surface area contributed by atoms with Crippen LogP contribution >= 0.6 is 0 Å². The van der Waals surface area contributed by atoms with Crippen molar-refractivity contribution in [3.05, 3.63) is 70.1 Å². The van der Waals surface area contributed by atoms with E-state index in [0.717, 1.165) is 5.56 Å². The van der Waals surface area contributed by atoms with Crippen LogP contribution in [0.3, 0.4) is 0 Å². The first-order valence-corrected chi connectivity index (χ1v) is 9.12. The molecule has 0 bridgehead atoms. The second-order valence-corrected chi connectivity index (χ2v) is 6.79. The minimum atomic E-state index is -0.535. The summed E-state index contributed by atoms with van der Waals surface area (Å²) in [5.74, 6) is 1.30.